The molecule has 1 atom stereocenters. The van der Waals surface area contributed by atoms with E-state index in [1.807, 2.05) is 0 Å². The van der Waals surface area contributed by atoms with Crippen LogP contribution in [0.1, 0.15) is 226 Å². The highest BCUT2D eigenvalue weighted by Gasteiger charge is 2.19. The third-order valence-corrected chi connectivity index (χ3v) is 11.7. The molecule has 0 aliphatic carbocycles. The minimum absolute atomic E-state index is 0.120. The van der Waals surface area contributed by atoms with E-state index in [1.165, 1.54) is 25.7 Å². The summed E-state index contributed by atoms with van der Waals surface area (Å²) >= 11 is 0. The first-order valence-electron chi connectivity index (χ1n) is 29.6. The molecular weight excluding hydrogens is 925 g/mol. The van der Waals surface area contributed by atoms with Crippen molar-refractivity contribution >= 4 is 17.9 Å². The number of allylic oxidation sites excluding steroid dienone is 28. The fourth-order valence-electron chi connectivity index (χ4n) is 7.30. The van der Waals surface area contributed by atoms with Gasteiger partial charge in [-0.05, 0) is 141 Å². The quantitative estimate of drug-likeness (QED) is 0.0261. The minimum Gasteiger partial charge on any atom is -0.462 e. The minimum atomic E-state index is -0.829. The highest BCUT2D eigenvalue weighted by Crippen LogP contribution is 2.12. The average molecular weight is 1030 g/mol. The lowest BCUT2D eigenvalue weighted by Gasteiger charge is -2.18. The molecule has 0 aromatic rings. The molecule has 0 aliphatic rings. The molecular formula is C69H106O6. The van der Waals surface area contributed by atoms with Crippen LogP contribution in [-0.4, -0.2) is 37.2 Å². The van der Waals surface area contributed by atoms with Crippen molar-refractivity contribution < 1.29 is 28.6 Å². The van der Waals surface area contributed by atoms with Gasteiger partial charge in [0.25, 0.3) is 0 Å². The Kier molecular flexibility index (Phi) is 57.0. The maximum absolute atomic E-state index is 12.9. The molecule has 0 amide bonds. The predicted octanol–water partition coefficient (Wildman–Crippen LogP) is 20.3. The largest absolute Gasteiger partial charge is 0.462 e. The number of rotatable bonds is 51. The second-order valence-corrected chi connectivity index (χ2v) is 18.8. The van der Waals surface area contributed by atoms with E-state index in [1.54, 1.807) is 0 Å². The molecule has 0 bridgehead atoms. The van der Waals surface area contributed by atoms with Crippen LogP contribution in [0.4, 0.5) is 0 Å². The van der Waals surface area contributed by atoms with E-state index < -0.39 is 6.10 Å². The Labute approximate surface area is 460 Å². The van der Waals surface area contributed by atoms with Crippen LogP contribution >= 0.6 is 0 Å². The summed E-state index contributed by atoms with van der Waals surface area (Å²) in [5.74, 6) is -1.03. The van der Waals surface area contributed by atoms with Gasteiger partial charge in [-0.15, -0.1) is 0 Å². The molecule has 0 aliphatic heterocycles. The fourth-order valence-corrected chi connectivity index (χ4v) is 7.30. The van der Waals surface area contributed by atoms with Crippen molar-refractivity contribution in [2.24, 2.45) is 0 Å². The molecule has 0 saturated heterocycles. The number of unbranched alkanes of at least 4 members (excludes halogenated alkanes) is 12. The molecule has 0 saturated carbocycles. The summed E-state index contributed by atoms with van der Waals surface area (Å²) in [6.07, 6.45) is 90.7. The summed E-state index contributed by atoms with van der Waals surface area (Å²) in [5, 5.41) is 0. The summed E-state index contributed by atoms with van der Waals surface area (Å²) in [6.45, 7) is 6.27. The van der Waals surface area contributed by atoms with Gasteiger partial charge in [-0.25, -0.2) is 0 Å². The van der Waals surface area contributed by atoms with Crippen molar-refractivity contribution in [2.45, 2.75) is 232 Å². The van der Waals surface area contributed by atoms with Gasteiger partial charge in [-0.1, -0.05) is 236 Å². The third-order valence-electron chi connectivity index (χ3n) is 11.7. The zero-order chi connectivity index (χ0) is 54.3. The van der Waals surface area contributed by atoms with Crippen LogP contribution in [-0.2, 0) is 28.6 Å². The second kappa shape index (κ2) is 61.3. The van der Waals surface area contributed by atoms with Gasteiger partial charge in [-0.3, -0.25) is 14.4 Å². The number of ether oxygens (including phenoxy) is 3. The van der Waals surface area contributed by atoms with Crippen LogP contribution in [0.3, 0.4) is 0 Å². The zero-order valence-corrected chi connectivity index (χ0v) is 47.7. The Morgan fingerprint density at radius 3 is 0.880 bits per heavy atom. The topological polar surface area (TPSA) is 78.9 Å². The Hall–Kier alpha value is -5.23. The summed E-state index contributed by atoms with van der Waals surface area (Å²) in [4.78, 5) is 38.2. The number of carbonyl (C=O) groups is 3. The van der Waals surface area contributed by atoms with Gasteiger partial charge in [0.2, 0.25) is 0 Å². The van der Waals surface area contributed by atoms with Crippen molar-refractivity contribution in [3.63, 3.8) is 0 Å². The van der Waals surface area contributed by atoms with E-state index in [2.05, 4.69) is 191 Å². The first kappa shape index (κ1) is 69.8. The lowest BCUT2D eigenvalue weighted by Crippen LogP contribution is -2.30. The molecule has 0 heterocycles. The van der Waals surface area contributed by atoms with E-state index in [-0.39, 0.29) is 44.0 Å². The van der Waals surface area contributed by atoms with Crippen molar-refractivity contribution in [1.82, 2.24) is 0 Å². The first-order valence-corrected chi connectivity index (χ1v) is 29.6. The van der Waals surface area contributed by atoms with E-state index in [9.17, 15) is 14.4 Å². The Balaban J connectivity index is 4.53. The zero-order valence-electron chi connectivity index (χ0n) is 47.7. The molecule has 0 fully saturated rings. The Morgan fingerprint density at radius 2 is 0.533 bits per heavy atom. The van der Waals surface area contributed by atoms with Crippen molar-refractivity contribution in [2.75, 3.05) is 13.2 Å². The van der Waals surface area contributed by atoms with Gasteiger partial charge < -0.3 is 14.2 Å². The smallest absolute Gasteiger partial charge is 0.306 e. The molecule has 6 nitrogen and oxygen atoms in total. The van der Waals surface area contributed by atoms with Gasteiger partial charge in [0, 0.05) is 19.3 Å². The number of esters is 3. The molecule has 418 valence electrons. The normalized spacial score (nSPS) is 13.4. The van der Waals surface area contributed by atoms with Gasteiger partial charge in [0.15, 0.2) is 6.10 Å². The highest BCUT2D eigenvalue weighted by atomic mass is 16.6. The lowest BCUT2D eigenvalue weighted by atomic mass is 10.1. The van der Waals surface area contributed by atoms with E-state index in [0.717, 1.165) is 154 Å². The van der Waals surface area contributed by atoms with E-state index >= 15 is 0 Å². The van der Waals surface area contributed by atoms with Gasteiger partial charge >= 0.3 is 17.9 Å². The summed E-state index contributed by atoms with van der Waals surface area (Å²) in [6, 6.07) is 0. The standard InChI is InChI=1S/C69H106O6/c1-4-7-10-13-16-19-22-24-26-28-30-32-34-36-38-40-42-44-47-50-53-56-59-62-68(71)74-65-66(64-73-67(70)61-58-55-52-49-46-21-18-15-12-9-6-3)75-69(72)63-60-57-54-51-48-45-43-41-39-37-35-33-31-29-27-25-23-20-17-14-11-8-5-2/h7-8,10-11,15-20,24-27,30-33,36-39,42-45,50,53,66H,4-6,9,12-14,21-23,28-29,34-35,40-41,46-49,51-52,54-65H2,1-3H3/b10-7-,11-8-,18-15-,19-16-,20-17-,26-24-,27-25-,32-30-,33-31-,38-36-,39-37-,44-42-,45-43-,53-50-. The average Bonchev–Trinajstić information content (AvgIpc) is 3.41. The number of hydrogen-bond donors (Lipinski definition) is 0. The van der Waals surface area contributed by atoms with Crippen LogP contribution in [0.2, 0.25) is 0 Å². The molecule has 0 spiro atoms. The molecule has 0 rings (SSSR count). The monoisotopic (exact) mass is 1030 g/mol. The molecule has 1 unspecified atom stereocenters. The van der Waals surface area contributed by atoms with Crippen LogP contribution in [0.15, 0.2) is 170 Å². The summed E-state index contributed by atoms with van der Waals surface area (Å²) in [7, 11) is 0. The third kappa shape index (κ3) is 59.5. The van der Waals surface area contributed by atoms with Crippen molar-refractivity contribution in [3.05, 3.63) is 170 Å². The lowest BCUT2D eigenvalue weighted by molar-refractivity contribution is -0.167. The van der Waals surface area contributed by atoms with Crippen LogP contribution < -0.4 is 0 Å². The van der Waals surface area contributed by atoms with Crippen LogP contribution in [0, 0.1) is 0 Å². The van der Waals surface area contributed by atoms with E-state index in [0.29, 0.717) is 12.8 Å². The van der Waals surface area contributed by atoms with Crippen molar-refractivity contribution in [1.29, 1.82) is 0 Å². The van der Waals surface area contributed by atoms with Crippen LogP contribution in [0.25, 0.3) is 0 Å². The second-order valence-electron chi connectivity index (χ2n) is 18.8. The van der Waals surface area contributed by atoms with Crippen molar-refractivity contribution in [3.8, 4) is 0 Å². The highest BCUT2D eigenvalue weighted by molar-refractivity contribution is 5.71. The molecule has 0 aromatic carbocycles. The van der Waals surface area contributed by atoms with Gasteiger partial charge in [0.1, 0.15) is 13.2 Å². The molecule has 0 radical (unpaired) electrons. The Morgan fingerprint density at radius 1 is 0.280 bits per heavy atom. The SMILES string of the molecule is CC/C=C\C/C=C\C/C=C\C/C=C\C/C=C\C/C=C\C/C=C\CCCC(=O)OCC(COC(=O)CCCCCCC/C=C\CCCC)OC(=O)CCCCCC/C=C\C/C=C\C/C=C\C/C=C\C/C=C\C/C=C\CC. The fraction of sp³-hybridized carbons (Fsp3) is 0.551. The molecule has 75 heavy (non-hydrogen) atoms. The summed E-state index contributed by atoms with van der Waals surface area (Å²) < 4.78 is 16.8. The molecule has 6 heteroatoms. The summed E-state index contributed by atoms with van der Waals surface area (Å²) in [5.41, 5.74) is 0. The molecule has 0 aromatic heterocycles. The van der Waals surface area contributed by atoms with Crippen LogP contribution in [0.5, 0.6) is 0 Å². The van der Waals surface area contributed by atoms with E-state index in [4.69, 9.17) is 14.2 Å². The van der Waals surface area contributed by atoms with Gasteiger partial charge in [0.05, 0.1) is 0 Å². The van der Waals surface area contributed by atoms with Gasteiger partial charge in [-0.2, -0.15) is 0 Å². The Bertz CT molecular complexity index is 1750. The molecule has 0 N–H and O–H groups in total. The number of carbonyl (C=O) groups excluding carboxylic acids is 3. The maximum Gasteiger partial charge on any atom is 0.306 e. The first-order chi connectivity index (χ1) is 37.0. The number of hydrogen-bond acceptors (Lipinski definition) is 6. The maximum atomic E-state index is 12.9. The predicted molar refractivity (Wildman–Crippen MR) is 325 cm³/mol.